The Morgan fingerprint density at radius 3 is 2.45 bits per heavy atom. The van der Waals surface area contributed by atoms with E-state index >= 15 is 0 Å². The van der Waals surface area contributed by atoms with Crippen molar-refractivity contribution in [2.45, 2.75) is 6.54 Å². The zero-order valence-corrected chi connectivity index (χ0v) is 16.0. The number of hydrogen-bond acceptors (Lipinski definition) is 5. The van der Waals surface area contributed by atoms with E-state index in [-0.39, 0.29) is 12.5 Å². The lowest BCUT2D eigenvalue weighted by Gasteiger charge is -2.10. The Kier molecular flexibility index (Phi) is 6.96. The smallest absolute Gasteiger partial charge is 0.411 e. The first-order valence-electron chi connectivity index (χ1n) is 9.04. The molecule has 150 valence electrons. The van der Waals surface area contributed by atoms with Gasteiger partial charge in [0.1, 0.15) is 6.61 Å². The van der Waals surface area contributed by atoms with E-state index < -0.39 is 6.09 Å². The van der Waals surface area contributed by atoms with Crippen molar-refractivity contribution in [1.82, 2.24) is 9.78 Å². The summed E-state index contributed by atoms with van der Waals surface area (Å²) < 4.78 is 11.6. The lowest BCUT2D eigenvalue weighted by atomic mass is 10.1. The molecule has 0 saturated carbocycles. The number of benzene rings is 2. The first kappa shape index (κ1) is 20.1. The van der Waals surface area contributed by atoms with Crippen LogP contribution in [0.25, 0.3) is 0 Å². The van der Waals surface area contributed by atoms with Crippen molar-refractivity contribution in [2.75, 3.05) is 31.0 Å². The number of nitrogens with one attached hydrogen (secondary N) is 2. The summed E-state index contributed by atoms with van der Waals surface area (Å²) in [5.74, 6) is -0.240. The third-order valence-corrected chi connectivity index (χ3v) is 4.01. The molecule has 8 heteroatoms. The zero-order valence-electron chi connectivity index (χ0n) is 16.0. The molecule has 0 fully saturated rings. The van der Waals surface area contributed by atoms with Gasteiger partial charge < -0.3 is 14.8 Å². The Balaban J connectivity index is 1.56. The summed E-state index contributed by atoms with van der Waals surface area (Å²) >= 11 is 0. The number of methoxy groups -OCH3 is 1. The zero-order chi connectivity index (χ0) is 20.5. The Bertz CT molecular complexity index is 940. The van der Waals surface area contributed by atoms with E-state index in [0.29, 0.717) is 30.1 Å². The lowest BCUT2D eigenvalue weighted by molar-refractivity contribution is 0.102. The van der Waals surface area contributed by atoms with E-state index in [1.165, 1.54) is 7.11 Å². The number of aromatic nitrogens is 2. The molecular weight excluding hydrogens is 372 g/mol. The molecule has 3 aromatic rings. The molecule has 2 N–H and O–H groups in total. The summed E-state index contributed by atoms with van der Waals surface area (Å²) in [7, 11) is 1.53. The van der Waals surface area contributed by atoms with Crippen LogP contribution in [0.2, 0.25) is 0 Å². The van der Waals surface area contributed by atoms with Gasteiger partial charge in [-0.15, -0.1) is 0 Å². The fraction of sp³-hybridized carbons (Fsp3) is 0.190. The highest BCUT2D eigenvalue weighted by atomic mass is 16.6. The minimum Gasteiger partial charge on any atom is -0.447 e. The predicted molar refractivity (Wildman–Crippen MR) is 109 cm³/mol. The molecule has 0 bridgehead atoms. The maximum Gasteiger partial charge on any atom is 0.411 e. The lowest BCUT2D eigenvalue weighted by Crippen LogP contribution is -2.17. The summed E-state index contributed by atoms with van der Waals surface area (Å²) in [5.41, 5.74) is 2.65. The van der Waals surface area contributed by atoms with E-state index in [2.05, 4.69) is 15.7 Å². The van der Waals surface area contributed by atoms with E-state index in [9.17, 15) is 9.59 Å². The molecule has 0 atom stereocenters. The predicted octanol–water partition coefficient (Wildman–Crippen LogP) is 3.38. The average Bonchev–Trinajstić information content (AvgIpc) is 3.22. The Morgan fingerprint density at radius 2 is 1.76 bits per heavy atom. The van der Waals surface area contributed by atoms with Gasteiger partial charge in [0.2, 0.25) is 0 Å². The van der Waals surface area contributed by atoms with E-state index in [0.717, 1.165) is 5.56 Å². The number of hydrogen-bond donors (Lipinski definition) is 2. The van der Waals surface area contributed by atoms with Crippen molar-refractivity contribution in [3.63, 3.8) is 0 Å². The van der Waals surface area contributed by atoms with Crippen LogP contribution in [0, 0.1) is 0 Å². The molecule has 3 rings (SSSR count). The van der Waals surface area contributed by atoms with Crippen LogP contribution in [0.4, 0.5) is 16.2 Å². The van der Waals surface area contributed by atoms with Gasteiger partial charge in [-0.3, -0.25) is 14.8 Å². The number of carbonyl (C=O) groups is 2. The highest BCUT2D eigenvalue weighted by Gasteiger charge is 2.08. The molecule has 0 radical (unpaired) electrons. The quantitative estimate of drug-likeness (QED) is 0.571. The summed E-state index contributed by atoms with van der Waals surface area (Å²) in [6.45, 7) is 1.13. The van der Waals surface area contributed by atoms with E-state index in [4.69, 9.17) is 9.47 Å². The molecule has 0 spiro atoms. The molecule has 0 saturated heterocycles. The molecule has 8 nitrogen and oxygen atoms in total. The normalized spacial score (nSPS) is 10.4. The van der Waals surface area contributed by atoms with Gasteiger partial charge in [-0.25, -0.2) is 4.79 Å². The second-order valence-corrected chi connectivity index (χ2v) is 6.19. The number of nitrogens with zero attached hydrogens (tertiary/aromatic N) is 2. The van der Waals surface area contributed by atoms with Crippen LogP contribution >= 0.6 is 0 Å². The highest BCUT2D eigenvalue weighted by molar-refractivity contribution is 6.04. The van der Waals surface area contributed by atoms with Crippen molar-refractivity contribution >= 4 is 23.4 Å². The Hall–Kier alpha value is -3.65. The van der Waals surface area contributed by atoms with Gasteiger partial charge in [-0.2, -0.15) is 5.10 Å². The number of carbonyl (C=O) groups excluding carboxylic acids is 2. The molecule has 0 aliphatic rings. The molecule has 2 aromatic carbocycles. The Morgan fingerprint density at radius 1 is 1.00 bits per heavy atom. The van der Waals surface area contributed by atoms with E-state index in [1.807, 2.05) is 29.1 Å². The van der Waals surface area contributed by atoms with E-state index in [1.54, 1.807) is 42.6 Å². The molecule has 1 heterocycles. The van der Waals surface area contributed by atoms with Gasteiger partial charge in [-0.05, 0) is 42.0 Å². The summed E-state index contributed by atoms with van der Waals surface area (Å²) in [5, 5.41) is 9.59. The number of amides is 2. The van der Waals surface area contributed by atoms with Crippen molar-refractivity contribution in [3.8, 4) is 0 Å². The van der Waals surface area contributed by atoms with Crippen LogP contribution in [-0.2, 0) is 16.0 Å². The van der Waals surface area contributed by atoms with Crippen molar-refractivity contribution in [3.05, 3.63) is 78.1 Å². The molecule has 1 aromatic heterocycles. The van der Waals surface area contributed by atoms with Crippen LogP contribution in [0.1, 0.15) is 15.9 Å². The number of rotatable bonds is 8. The molecule has 29 heavy (non-hydrogen) atoms. The molecular formula is C21H22N4O4. The van der Waals surface area contributed by atoms with Crippen LogP contribution in [0.3, 0.4) is 0 Å². The molecule has 2 amide bonds. The molecule has 0 unspecified atom stereocenters. The minimum atomic E-state index is -0.585. The van der Waals surface area contributed by atoms with Crippen LogP contribution in [0.15, 0.2) is 67.0 Å². The highest BCUT2D eigenvalue weighted by Crippen LogP contribution is 2.17. The van der Waals surface area contributed by atoms with Crippen molar-refractivity contribution < 1.29 is 19.1 Å². The van der Waals surface area contributed by atoms with Gasteiger partial charge in [0.25, 0.3) is 5.91 Å². The van der Waals surface area contributed by atoms with Crippen LogP contribution in [-0.4, -0.2) is 42.1 Å². The number of ether oxygens (including phenoxy) is 2. The second-order valence-electron chi connectivity index (χ2n) is 6.19. The first-order valence-corrected chi connectivity index (χ1v) is 9.04. The van der Waals surface area contributed by atoms with Gasteiger partial charge >= 0.3 is 6.09 Å². The Labute approximate surface area is 168 Å². The fourth-order valence-electron chi connectivity index (χ4n) is 2.59. The molecule has 0 aliphatic heterocycles. The second kappa shape index (κ2) is 10.0. The summed E-state index contributed by atoms with van der Waals surface area (Å²) in [6.07, 6.45) is 3.03. The third kappa shape index (κ3) is 6.18. The van der Waals surface area contributed by atoms with Crippen molar-refractivity contribution in [1.29, 1.82) is 0 Å². The monoisotopic (exact) mass is 394 g/mol. The largest absolute Gasteiger partial charge is 0.447 e. The van der Waals surface area contributed by atoms with Gasteiger partial charge in [0.15, 0.2) is 0 Å². The number of anilines is 2. The SMILES string of the molecule is COCCOC(=O)Nc1cccc(NC(=O)c2ccc(Cn3cccn3)cc2)c1. The van der Waals surface area contributed by atoms with Gasteiger partial charge in [0, 0.05) is 36.4 Å². The van der Waals surface area contributed by atoms with Gasteiger partial charge in [0.05, 0.1) is 13.2 Å². The third-order valence-electron chi connectivity index (χ3n) is 4.01. The van der Waals surface area contributed by atoms with Crippen LogP contribution in [0.5, 0.6) is 0 Å². The average molecular weight is 394 g/mol. The van der Waals surface area contributed by atoms with Crippen LogP contribution < -0.4 is 10.6 Å². The molecule has 0 aliphatic carbocycles. The van der Waals surface area contributed by atoms with Gasteiger partial charge in [-0.1, -0.05) is 18.2 Å². The maximum absolute atomic E-state index is 12.5. The summed E-state index contributed by atoms with van der Waals surface area (Å²) in [6, 6.07) is 16.0. The van der Waals surface area contributed by atoms with Crippen molar-refractivity contribution in [2.24, 2.45) is 0 Å². The standard InChI is InChI=1S/C21H22N4O4/c1-28-12-13-29-21(27)24-19-5-2-4-18(14-19)23-20(26)17-8-6-16(7-9-17)15-25-11-3-10-22-25/h2-11,14H,12-13,15H2,1H3,(H,23,26)(H,24,27). The first-order chi connectivity index (χ1) is 14.1. The minimum absolute atomic E-state index is 0.162. The fourth-order valence-corrected chi connectivity index (χ4v) is 2.59. The summed E-state index contributed by atoms with van der Waals surface area (Å²) in [4.78, 5) is 24.2. The maximum atomic E-state index is 12.5. The topological polar surface area (TPSA) is 94.5 Å².